The van der Waals surface area contributed by atoms with Crippen molar-refractivity contribution in [3.8, 4) is 0 Å². The van der Waals surface area contributed by atoms with Crippen molar-refractivity contribution < 1.29 is 4.42 Å². The van der Waals surface area contributed by atoms with Crippen LogP contribution in [0.4, 0.5) is 11.6 Å². The molecule has 2 aromatic rings. The predicted octanol–water partition coefficient (Wildman–Crippen LogP) is 1.57. The van der Waals surface area contributed by atoms with Crippen LogP contribution in [-0.4, -0.2) is 9.97 Å². The molecule has 0 fully saturated rings. The zero-order valence-electron chi connectivity index (χ0n) is 8.40. The maximum atomic E-state index is 5.54. The average Bonchev–Trinajstić information content (AvgIpc) is 2.62. The number of nitrogens with one attached hydrogen (secondary N) is 1. The van der Waals surface area contributed by atoms with Gasteiger partial charge in [-0.3, -0.25) is 0 Å². The van der Waals surface area contributed by atoms with Gasteiger partial charge in [0.25, 0.3) is 0 Å². The summed E-state index contributed by atoms with van der Waals surface area (Å²) in [4.78, 5) is 8.16. The Morgan fingerprint density at radius 1 is 1.47 bits per heavy atom. The van der Waals surface area contributed by atoms with Crippen molar-refractivity contribution in [3.05, 3.63) is 36.0 Å². The molecule has 0 saturated carbocycles. The van der Waals surface area contributed by atoms with Crippen LogP contribution >= 0.6 is 0 Å². The summed E-state index contributed by atoms with van der Waals surface area (Å²) in [5, 5.41) is 3.07. The highest BCUT2D eigenvalue weighted by Gasteiger charge is 2.00. The van der Waals surface area contributed by atoms with Crippen LogP contribution in [-0.2, 0) is 6.54 Å². The van der Waals surface area contributed by atoms with Crippen molar-refractivity contribution in [3.63, 3.8) is 0 Å². The Kier molecular flexibility index (Phi) is 2.53. The van der Waals surface area contributed by atoms with Gasteiger partial charge in [-0.1, -0.05) is 6.07 Å². The fraction of sp³-hybridized carbons (Fsp3) is 0.200. The van der Waals surface area contributed by atoms with Gasteiger partial charge in [0.15, 0.2) is 0 Å². The summed E-state index contributed by atoms with van der Waals surface area (Å²) in [5.74, 6) is 2.64. The fourth-order valence-corrected chi connectivity index (χ4v) is 1.20. The van der Waals surface area contributed by atoms with E-state index in [9.17, 15) is 0 Å². The minimum absolute atomic E-state index is 0.489. The van der Waals surface area contributed by atoms with Crippen molar-refractivity contribution in [1.29, 1.82) is 0 Å². The molecule has 0 spiro atoms. The van der Waals surface area contributed by atoms with E-state index in [1.165, 1.54) is 0 Å². The Bertz CT molecular complexity index is 452. The van der Waals surface area contributed by atoms with Crippen LogP contribution in [0.25, 0.3) is 0 Å². The predicted molar refractivity (Wildman–Crippen MR) is 57.2 cm³/mol. The Hall–Kier alpha value is -2.04. The molecule has 0 aliphatic rings. The van der Waals surface area contributed by atoms with Gasteiger partial charge >= 0.3 is 0 Å². The molecule has 3 N–H and O–H groups in total. The van der Waals surface area contributed by atoms with Crippen LogP contribution < -0.4 is 11.1 Å². The van der Waals surface area contributed by atoms with Crippen molar-refractivity contribution in [2.75, 3.05) is 11.1 Å². The summed E-state index contributed by atoms with van der Waals surface area (Å²) in [7, 11) is 0. The van der Waals surface area contributed by atoms with E-state index < -0.39 is 0 Å². The molecule has 15 heavy (non-hydrogen) atoms. The molecule has 0 atom stereocenters. The standard InChI is InChI=1S/C10H12N4O/c1-7-5-13-10(15-7)6-12-9-4-2-3-8(11)14-9/h2-5H,6H2,1H3,(H3,11,12,14). The second-order valence-electron chi connectivity index (χ2n) is 3.17. The molecular formula is C10H12N4O. The van der Waals surface area contributed by atoms with Crippen molar-refractivity contribution in [2.45, 2.75) is 13.5 Å². The number of nitrogens with two attached hydrogens (primary N) is 1. The minimum atomic E-state index is 0.489. The number of oxazole rings is 1. The van der Waals surface area contributed by atoms with Crippen LogP contribution in [0, 0.1) is 6.92 Å². The third kappa shape index (κ3) is 2.46. The zero-order chi connectivity index (χ0) is 10.7. The third-order valence-corrected chi connectivity index (χ3v) is 1.86. The highest BCUT2D eigenvalue weighted by molar-refractivity contribution is 5.42. The van der Waals surface area contributed by atoms with Gasteiger partial charge in [0.2, 0.25) is 5.89 Å². The number of aryl methyl sites for hydroxylation is 1. The van der Waals surface area contributed by atoms with E-state index >= 15 is 0 Å². The van der Waals surface area contributed by atoms with E-state index in [0.29, 0.717) is 24.1 Å². The van der Waals surface area contributed by atoms with Crippen molar-refractivity contribution >= 4 is 11.6 Å². The first-order chi connectivity index (χ1) is 7.24. The average molecular weight is 204 g/mol. The molecule has 2 rings (SSSR count). The number of aromatic nitrogens is 2. The molecule has 0 unspecified atom stereocenters. The van der Waals surface area contributed by atoms with Gasteiger partial charge in [0.1, 0.15) is 17.4 Å². The molecule has 5 nitrogen and oxygen atoms in total. The SMILES string of the molecule is Cc1cnc(CNc2cccc(N)n2)o1. The van der Waals surface area contributed by atoms with Crippen molar-refractivity contribution in [2.24, 2.45) is 0 Å². The van der Waals surface area contributed by atoms with Crippen LogP contribution in [0.3, 0.4) is 0 Å². The molecule has 0 radical (unpaired) electrons. The highest BCUT2D eigenvalue weighted by Crippen LogP contribution is 2.08. The summed E-state index contributed by atoms with van der Waals surface area (Å²) in [5.41, 5.74) is 5.54. The highest BCUT2D eigenvalue weighted by atomic mass is 16.4. The minimum Gasteiger partial charge on any atom is -0.444 e. The first-order valence-electron chi connectivity index (χ1n) is 4.62. The van der Waals surface area contributed by atoms with E-state index in [2.05, 4.69) is 15.3 Å². The van der Waals surface area contributed by atoms with E-state index in [-0.39, 0.29) is 0 Å². The van der Waals surface area contributed by atoms with Gasteiger partial charge in [-0.2, -0.15) is 0 Å². The molecule has 0 saturated heterocycles. The van der Waals surface area contributed by atoms with E-state index in [0.717, 1.165) is 5.76 Å². The lowest BCUT2D eigenvalue weighted by Crippen LogP contribution is -2.02. The lowest BCUT2D eigenvalue weighted by Gasteiger charge is -2.02. The van der Waals surface area contributed by atoms with Gasteiger partial charge in [-0.25, -0.2) is 9.97 Å². The van der Waals surface area contributed by atoms with Gasteiger partial charge < -0.3 is 15.5 Å². The summed E-state index contributed by atoms with van der Waals surface area (Å²) >= 11 is 0. The quantitative estimate of drug-likeness (QED) is 0.793. The number of pyridine rings is 1. The molecule has 2 aromatic heterocycles. The number of hydrogen-bond donors (Lipinski definition) is 2. The summed E-state index contributed by atoms with van der Waals surface area (Å²) in [6.07, 6.45) is 1.68. The molecule has 5 heteroatoms. The molecule has 78 valence electrons. The van der Waals surface area contributed by atoms with Gasteiger partial charge in [-0.05, 0) is 19.1 Å². The van der Waals surface area contributed by atoms with Crippen LogP contribution in [0.1, 0.15) is 11.7 Å². The topological polar surface area (TPSA) is 77.0 Å². The Morgan fingerprint density at radius 2 is 2.33 bits per heavy atom. The number of hydrogen-bond acceptors (Lipinski definition) is 5. The van der Waals surface area contributed by atoms with Crippen LogP contribution in [0.5, 0.6) is 0 Å². The Labute approximate surface area is 87.3 Å². The molecule has 2 heterocycles. The molecule has 0 bridgehead atoms. The van der Waals surface area contributed by atoms with Crippen LogP contribution in [0.2, 0.25) is 0 Å². The van der Waals surface area contributed by atoms with E-state index in [1.807, 2.05) is 19.1 Å². The first-order valence-corrected chi connectivity index (χ1v) is 4.62. The summed E-state index contributed by atoms with van der Waals surface area (Å²) < 4.78 is 5.30. The molecular weight excluding hydrogens is 192 g/mol. The lowest BCUT2D eigenvalue weighted by molar-refractivity contribution is 0.479. The largest absolute Gasteiger partial charge is 0.444 e. The number of nitrogens with zero attached hydrogens (tertiary/aromatic N) is 2. The molecule has 0 aliphatic heterocycles. The lowest BCUT2D eigenvalue weighted by atomic mass is 10.4. The van der Waals surface area contributed by atoms with Gasteiger partial charge in [0, 0.05) is 0 Å². The Morgan fingerprint density at radius 3 is 3.00 bits per heavy atom. The first kappa shape index (κ1) is 9.51. The number of rotatable bonds is 3. The fourth-order valence-electron chi connectivity index (χ4n) is 1.20. The van der Waals surface area contributed by atoms with Crippen LogP contribution in [0.15, 0.2) is 28.8 Å². The maximum absolute atomic E-state index is 5.54. The summed E-state index contributed by atoms with van der Waals surface area (Å²) in [6.45, 7) is 2.36. The Balaban J connectivity index is 1.99. The third-order valence-electron chi connectivity index (χ3n) is 1.86. The second kappa shape index (κ2) is 4.00. The number of anilines is 2. The van der Waals surface area contributed by atoms with Gasteiger partial charge in [0.05, 0.1) is 12.7 Å². The normalized spacial score (nSPS) is 10.2. The van der Waals surface area contributed by atoms with Crippen molar-refractivity contribution in [1.82, 2.24) is 9.97 Å². The van der Waals surface area contributed by atoms with Gasteiger partial charge in [-0.15, -0.1) is 0 Å². The second-order valence-corrected chi connectivity index (χ2v) is 3.17. The molecule has 0 aliphatic carbocycles. The maximum Gasteiger partial charge on any atom is 0.213 e. The monoisotopic (exact) mass is 204 g/mol. The summed E-state index contributed by atoms with van der Waals surface area (Å²) in [6, 6.07) is 5.41. The van der Waals surface area contributed by atoms with E-state index in [1.54, 1.807) is 12.3 Å². The van der Waals surface area contributed by atoms with E-state index in [4.69, 9.17) is 10.2 Å². The smallest absolute Gasteiger partial charge is 0.213 e. The zero-order valence-corrected chi connectivity index (χ0v) is 8.40. The molecule has 0 aromatic carbocycles. The number of nitrogen functional groups attached to an aromatic ring is 1. The molecule has 0 amide bonds.